The fourth-order valence-electron chi connectivity index (χ4n) is 2.94. The molecule has 0 spiro atoms. The maximum Gasteiger partial charge on any atom is 0.269 e. The summed E-state index contributed by atoms with van der Waals surface area (Å²) in [6, 6.07) is 10.6. The van der Waals surface area contributed by atoms with E-state index in [1.807, 2.05) is 13.0 Å². The Morgan fingerprint density at radius 2 is 2.00 bits per heavy atom. The Morgan fingerprint density at radius 1 is 1.26 bits per heavy atom. The van der Waals surface area contributed by atoms with E-state index in [4.69, 9.17) is 0 Å². The number of para-hydroxylation sites is 1. The number of nitrogens with zero attached hydrogens (tertiary/aromatic N) is 3. The van der Waals surface area contributed by atoms with E-state index in [1.165, 1.54) is 12.0 Å². The van der Waals surface area contributed by atoms with Crippen LogP contribution < -0.4 is 10.2 Å². The number of anilines is 1. The molecule has 2 aromatic rings. The largest absolute Gasteiger partial charge is 0.369 e. The zero-order valence-electron chi connectivity index (χ0n) is 13.4. The average molecular weight is 313 g/mol. The van der Waals surface area contributed by atoms with E-state index in [9.17, 15) is 4.79 Å². The van der Waals surface area contributed by atoms with Crippen LogP contribution >= 0.6 is 0 Å². The highest BCUT2D eigenvalue weighted by Gasteiger charge is 2.19. The number of amides is 1. The zero-order valence-corrected chi connectivity index (χ0v) is 13.4. The lowest BCUT2D eigenvalue weighted by Crippen LogP contribution is -2.50. The number of rotatable bonds is 5. The highest BCUT2D eigenvalue weighted by atomic mass is 16.2. The number of nitrogens with one attached hydrogen (secondary N) is 2. The molecule has 1 fully saturated rings. The number of carbonyl (C=O) groups excluding carboxylic acids is 1. The molecule has 1 aromatic carbocycles. The number of benzene rings is 1. The second-order valence-electron chi connectivity index (χ2n) is 5.96. The predicted molar refractivity (Wildman–Crippen MR) is 90.6 cm³/mol. The summed E-state index contributed by atoms with van der Waals surface area (Å²) in [4.78, 5) is 23.5. The summed E-state index contributed by atoms with van der Waals surface area (Å²) in [5.41, 5.74) is 1.79. The molecular weight excluding hydrogens is 290 g/mol. The van der Waals surface area contributed by atoms with Gasteiger partial charge in [-0.3, -0.25) is 9.69 Å². The highest BCUT2D eigenvalue weighted by Crippen LogP contribution is 2.15. The van der Waals surface area contributed by atoms with Gasteiger partial charge in [-0.15, -0.1) is 0 Å². The van der Waals surface area contributed by atoms with Crippen LogP contribution in [-0.2, 0) is 0 Å². The van der Waals surface area contributed by atoms with Crippen molar-refractivity contribution in [3.63, 3.8) is 0 Å². The van der Waals surface area contributed by atoms with E-state index in [0.29, 0.717) is 5.69 Å². The molecule has 6 heteroatoms. The summed E-state index contributed by atoms with van der Waals surface area (Å²) < 4.78 is 0. The van der Waals surface area contributed by atoms with E-state index in [-0.39, 0.29) is 11.9 Å². The smallest absolute Gasteiger partial charge is 0.269 e. The van der Waals surface area contributed by atoms with Crippen LogP contribution in [0.4, 0.5) is 5.69 Å². The van der Waals surface area contributed by atoms with Gasteiger partial charge in [0.1, 0.15) is 5.69 Å². The summed E-state index contributed by atoms with van der Waals surface area (Å²) >= 11 is 0. The standard InChI is InChI=1S/C17H23N5O/c1-14(20-17(23)16-11-18-13-19-16)12-21-7-9-22(10-8-21)15-5-3-2-4-6-15/h2-6,11,13-14H,7-10,12H2,1H3,(H,18,19)(H,20,23)/t14-/m0/s1. The second-order valence-corrected chi connectivity index (χ2v) is 5.96. The number of hydrogen-bond acceptors (Lipinski definition) is 4. The average Bonchev–Trinajstić information content (AvgIpc) is 3.11. The molecule has 0 radical (unpaired) electrons. The molecule has 2 N–H and O–H groups in total. The van der Waals surface area contributed by atoms with Crippen molar-refractivity contribution in [2.45, 2.75) is 13.0 Å². The molecule has 1 aromatic heterocycles. The van der Waals surface area contributed by atoms with Gasteiger partial charge in [0, 0.05) is 44.5 Å². The van der Waals surface area contributed by atoms with Gasteiger partial charge in [0.25, 0.3) is 5.91 Å². The first-order valence-corrected chi connectivity index (χ1v) is 8.04. The number of carbonyl (C=O) groups is 1. The van der Waals surface area contributed by atoms with Crippen molar-refractivity contribution in [3.8, 4) is 0 Å². The van der Waals surface area contributed by atoms with Gasteiger partial charge in [-0.1, -0.05) is 18.2 Å². The number of hydrogen-bond donors (Lipinski definition) is 2. The molecule has 1 saturated heterocycles. The fourth-order valence-corrected chi connectivity index (χ4v) is 2.94. The molecule has 3 rings (SSSR count). The predicted octanol–water partition coefficient (Wildman–Crippen LogP) is 1.35. The normalized spacial score (nSPS) is 17.0. The molecule has 0 unspecified atom stereocenters. The Bertz CT molecular complexity index is 605. The topological polar surface area (TPSA) is 64.3 Å². The fraction of sp³-hybridized carbons (Fsp3) is 0.412. The van der Waals surface area contributed by atoms with E-state index < -0.39 is 0 Å². The van der Waals surface area contributed by atoms with Crippen LogP contribution in [-0.4, -0.2) is 59.5 Å². The van der Waals surface area contributed by atoms with Gasteiger partial charge in [0.15, 0.2) is 0 Å². The minimum absolute atomic E-state index is 0.0991. The van der Waals surface area contributed by atoms with E-state index in [2.05, 4.69) is 49.4 Å². The van der Waals surface area contributed by atoms with E-state index >= 15 is 0 Å². The van der Waals surface area contributed by atoms with Crippen molar-refractivity contribution < 1.29 is 4.79 Å². The van der Waals surface area contributed by atoms with Crippen LogP contribution in [0.15, 0.2) is 42.9 Å². The van der Waals surface area contributed by atoms with E-state index in [0.717, 1.165) is 32.7 Å². The summed E-state index contributed by atoms with van der Waals surface area (Å²) in [6.45, 7) is 6.97. The minimum Gasteiger partial charge on any atom is -0.369 e. The third kappa shape index (κ3) is 4.10. The van der Waals surface area contributed by atoms with Gasteiger partial charge in [-0.25, -0.2) is 4.98 Å². The number of imidazole rings is 1. The summed E-state index contributed by atoms with van der Waals surface area (Å²) in [5, 5.41) is 3.01. The first-order valence-electron chi connectivity index (χ1n) is 8.04. The quantitative estimate of drug-likeness (QED) is 0.874. The Hall–Kier alpha value is -2.34. The molecule has 0 bridgehead atoms. The van der Waals surface area contributed by atoms with Crippen molar-refractivity contribution in [2.75, 3.05) is 37.6 Å². The SMILES string of the molecule is C[C@@H](CN1CCN(c2ccccc2)CC1)NC(=O)c1cnc[nH]1. The summed E-state index contributed by atoms with van der Waals surface area (Å²) in [5.74, 6) is -0.0991. The Kier molecular flexibility index (Phi) is 4.92. The lowest BCUT2D eigenvalue weighted by molar-refractivity contribution is 0.0923. The van der Waals surface area contributed by atoms with Crippen molar-refractivity contribution in [1.82, 2.24) is 20.2 Å². The van der Waals surface area contributed by atoms with Crippen LogP contribution in [0.25, 0.3) is 0 Å². The molecule has 6 nitrogen and oxygen atoms in total. The van der Waals surface area contributed by atoms with Gasteiger partial charge < -0.3 is 15.2 Å². The first-order chi connectivity index (χ1) is 11.2. The molecule has 1 aliphatic heterocycles. The second kappa shape index (κ2) is 7.28. The summed E-state index contributed by atoms with van der Waals surface area (Å²) in [7, 11) is 0. The molecule has 0 aliphatic carbocycles. The third-order valence-electron chi connectivity index (χ3n) is 4.15. The maximum absolute atomic E-state index is 12.0. The van der Waals surface area contributed by atoms with Crippen molar-refractivity contribution in [1.29, 1.82) is 0 Å². The van der Waals surface area contributed by atoms with E-state index in [1.54, 1.807) is 6.20 Å². The van der Waals surface area contributed by atoms with Crippen LogP contribution in [0.1, 0.15) is 17.4 Å². The molecule has 0 saturated carbocycles. The molecular formula is C17H23N5O. The van der Waals surface area contributed by atoms with Gasteiger partial charge in [0.2, 0.25) is 0 Å². The molecule has 1 aliphatic rings. The van der Waals surface area contributed by atoms with Crippen LogP contribution in [0.2, 0.25) is 0 Å². The first kappa shape index (κ1) is 15.6. The van der Waals surface area contributed by atoms with Crippen LogP contribution in [0.5, 0.6) is 0 Å². The van der Waals surface area contributed by atoms with Crippen molar-refractivity contribution in [3.05, 3.63) is 48.5 Å². The molecule has 1 atom stereocenters. The third-order valence-corrected chi connectivity index (χ3v) is 4.15. The Labute approximate surface area is 136 Å². The minimum atomic E-state index is -0.0991. The van der Waals surface area contributed by atoms with Gasteiger partial charge in [0.05, 0.1) is 12.5 Å². The van der Waals surface area contributed by atoms with Gasteiger partial charge in [-0.2, -0.15) is 0 Å². The van der Waals surface area contributed by atoms with Gasteiger partial charge >= 0.3 is 0 Å². The number of aromatic amines is 1. The monoisotopic (exact) mass is 313 g/mol. The van der Waals surface area contributed by atoms with Crippen molar-refractivity contribution in [2.24, 2.45) is 0 Å². The van der Waals surface area contributed by atoms with Crippen LogP contribution in [0.3, 0.4) is 0 Å². The maximum atomic E-state index is 12.0. The summed E-state index contributed by atoms with van der Waals surface area (Å²) in [6.07, 6.45) is 3.06. The Morgan fingerprint density at radius 3 is 2.65 bits per heavy atom. The Balaban J connectivity index is 1.44. The molecule has 2 heterocycles. The lowest BCUT2D eigenvalue weighted by atomic mass is 10.2. The van der Waals surface area contributed by atoms with Crippen LogP contribution in [0, 0.1) is 0 Å². The zero-order chi connectivity index (χ0) is 16.1. The van der Waals surface area contributed by atoms with Gasteiger partial charge in [-0.05, 0) is 19.1 Å². The number of aromatic nitrogens is 2. The molecule has 23 heavy (non-hydrogen) atoms. The molecule has 1 amide bonds. The molecule has 122 valence electrons. The van der Waals surface area contributed by atoms with Crippen molar-refractivity contribution >= 4 is 11.6 Å². The number of piperazine rings is 1. The lowest BCUT2D eigenvalue weighted by Gasteiger charge is -2.37. The highest BCUT2D eigenvalue weighted by molar-refractivity contribution is 5.92. The number of H-pyrrole nitrogens is 1.